The Morgan fingerprint density at radius 2 is 1.58 bits per heavy atom. The predicted octanol–water partition coefficient (Wildman–Crippen LogP) is 2.26. The first-order chi connectivity index (χ1) is 12.8. The summed E-state index contributed by atoms with van der Waals surface area (Å²) in [7, 11) is 0. The summed E-state index contributed by atoms with van der Waals surface area (Å²) < 4.78 is 5.44. The van der Waals surface area contributed by atoms with Crippen LogP contribution in [-0.2, 0) is 17.7 Å². The average molecular weight is 374 g/mol. The number of nitrogens with zero attached hydrogens (tertiary/aromatic N) is 5. The van der Waals surface area contributed by atoms with Gasteiger partial charge >= 0.3 is 0 Å². The van der Waals surface area contributed by atoms with E-state index >= 15 is 0 Å². The van der Waals surface area contributed by atoms with Crippen LogP contribution in [0.2, 0.25) is 0 Å². The molecular formula is C19H27N5OS. The molecule has 4 heterocycles. The third-order valence-electron chi connectivity index (χ3n) is 5.11. The lowest BCUT2D eigenvalue weighted by Crippen LogP contribution is -2.46. The third kappa shape index (κ3) is 4.16. The number of anilines is 2. The predicted molar refractivity (Wildman–Crippen MR) is 106 cm³/mol. The molecule has 7 heteroatoms. The van der Waals surface area contributed by atoms with E-state index in [4.69, 9.17) is 4.74 Å². The Balaban J connectivity index is 1.34. The highest BCUT2D eigenvalue weighted by molar-refractivity contribution is 7.11. The Hall–Kier alpha value is -1.70. The minimum atomic E-state index is 0.778. The third-order valence-corrected chi connectivity index (χ3v) is 6.33. The molecule has 0 atom stereocenters. The standard InChI is InChI=1S/C19H27N5OS/c1-2-16-3-4-17(26-16)14-22-5-7-23(8-6-22)18-13-19(21-15-20-18)24-9-11-25-12-10-24/h3-4,13,15H,2,5-12,14H2,1H3. The molecule has 2 saturated heterocycles. The van der Waals surface area contributed by atoms with Crippen LogP contribution in [0.3, 0.4) is 0 Å². The van der Waals surface area contributed by atoms with Crippen LogP contribution in [0, 0.1) is 0 Å². The summed E-state index contributed by atoms with van der Waals surface area (Å²) >= 11 is 1.95. The minimum absolute atomic E-state index is 0.778. The van der Waals surface area contributed by atoms with Crippen LogP contribution in [-0.4, -0.2) is 67.4 Å². The Labute approximate surface area is 159 Å². The van der Waals surface area contributed by atoms with Crippen LogP contribution in [0.4, 0.5) is 11.6 Å². The quantitative estimate of drug-likeness (QED) is 0.801. The highest BCUT2D eigenvalue weighted by Gasteiger charge is 2.20. The summed E-state index contributed by atoms with van der Waals surface area (Å²) in [5, 5.41) is 0. The van der Waals surface area contributed by atoms with Crippen molar-refractivity contribution in [2.24, 2.45) is 0 Å². The van der Waals surface area contributed by atoms with Gasteiger partial charge in [0.05, 0.1) is 13.2 Å². The first-order valence-corrected chi connectivity index (χ1v) is 10.3. The van der Waals surface area contributed by atoms with Gasteiger partial charge < -0.3 is 14.5 Å². The molecule has 0 bridgehead atoms. The summed E-state index contributed by atoms with van der Waals surface area (Å²) in [6.45, 7) is 10.9. The maximum Gasteiger partial charge on any atom is 0.134 e. The molecule has 0 saturated carbocycles. The topological polar surface area (TPSA) is 44.7 Å². The molecule has 26 heavy (non-hydrogen) atoms. The van der Waals surface area contributed by atoms with Gasteiger partial charge in [0, 0.05) is 61.6 Å². The van der Waals surface area contributed by atoms with Crippen LogP contribution in [0.15, 0.2) is 24.5 Å². The van der Waals surface area contributed by atoms with Gasteiger partial charge in [-0.3, -0.25) is 4.90 Å². The molecule has 0 radical (unpaired) electrons. The largest absolute Gasteiger partial charge is 0.378 e. The van der Waals surface area contributed by atoms with Gasteiger partial charge in [-0.2, -0.15) is 0 Å². The molecular weight excluding hydrogens is 346 g/mol. The van der Waals surface area contributed by atoms with E-state index in [1.54, 1.807) is 6.33 Å². The molecule has 2 aliphatic rings. The van der Waals surface area contributed by atoms with E-state index in [1.807, 2.05) is 11.3 Å². The van der Waals surface area contributed by atoms with E-state index in [1.165, 1.54) is 9.75 Å². The number of ether oxygens (including phenoxy) is 1. The van der Waals surface area contributed by atoms with E-state index < -0.39 is 0 Å². The summed E-state index contributed by atoms with van der Waals surface area (Å²) in [5.74, 6) is 2.07. The summed E-state index contributed by atoms with van der Waals surface area (Å²) in [6.07, 6.45) is 2.84. The lowest BCUT2D eigenvalue weighted by molar-refractivity contribution is 0.122. The molecule has 0 aromatic carbocycles. The van der Waals surface area contributed by atoms with Gasteiger partial charge in [0.15, 0.2) is 0 Å². The first-order valence-electron chi connectivity index (χ1n) is 9.51. The molecule has 140 valence electrons. The first kappa shape index (κ1) is 17.7. The number of aryl methyl sites for hydroxylation is 1. The number of aromatic nitrogens is 2. The molecule has 0 N–H and O–H groups in total. The molecule has 0 amide bonds. The van der Waals surface area contributed by atoms with Crippen molar-refractivity contribution >= 4 is 23.0 Å². The minimum Gasteiger partial charge on any atom is -0.378 e. The number of piperazine rings is 1. The molecule has 0 aliphatic carbocycles. The average Bonchev–Trinajstić information content (AvgIpc) is 3.17. The number of rotatable bonds is 5. The Kier molecular flexibility index (Phi) is 5.67. The van der Waals surface area contributed by atoms with Gasteiger partial charge in [-0.1, -0.05) is 6.92 Å². The Morgan fingerprint density at radius 1 is 0.923 bits per heavy atom. The number of hydrogen-bond donors (Lipinski definition) is 0. The molecule has 2 aromatic heterocycles. The lowest BCUT2D eigenvalue weighted by Gasteiger charge is -2.35. The van der Waals surface area contributed by atoms with Gasteiger partial charge in [0.25, 0.3) is 0 Å². The second kappa shape index (κ2) is 8.33. The molecule has 2 fully saturated rings. The fourth-order valence-electron chi connectivity index (χ4n) is 3.53. The highest BCUT2D eigenvalue weighted by Crippen LogP contribution is 2.22. The van der Waals surface area contributed by atoms with E-state index in [2.05, 4.69) is 49.8 Å². The van der Waals surface area contributed by atoms with Crippen molar-refractivity contribution in [1.82, 2.24) is 14.9 Å². The zero-order chi connectivity index (χ0) is 17.8. The number of hydrogen-bond acceptors (Lipinski definition) is 7. The Bertz CT molecular complexity index is 707. The maximum absolute atomic E-state index is 5.44. The molecule has 4 rings (SSSR count). The molecule has 0 spiro atoms. The van der Waals surface area contributed by atoms with Gasteiger partial charge in [0.2, 0.25) is 0 Å². The normalized spacial score (nSPS) is 19.1. The van der Waals surface area contributed by atoms with Crippen molar-refractivity contribution in [3.8, 4) is 0 Å². The van der Waals surface area contributed by atoms with E-state index in [-0.39, 0.29) is 0 Å². The zero-order valence-corrected chi connectivity index (χ0v) is 16.2. The number of thiophene rings is 1. The molecule has 0 unspecified atom stereocenters. The fourth-order valence-corrected chi connectivity index (χ4v) is 4.53. The van der Waals surface area contributed by atoms with Crippen LogP contribution in [0.25, 0.3) is 0 Å². The summed E-state index contributed by atoms with van der Waals surface area (Å²) in [5.41, 5.74) is 0. The van der Waals surface area contributed by atoms with Crippen molar-refractivity contribution < 1.29 is 4.74 Å². The van der Waals surface area contributed by atoms with Crippen LogP contribution in [0.5, 0.6) is 0 Å². The van der Waals surface area contributed by atoms with E-state index in [0.29, 0.717) is 0 Å². The van der Waals surface area contributed by atoms with Gasteiger partial charge in [-0.25, -0.2) is 9.97 Å². The molecule has 6 nitrogen and oxygen atoms in total. The van der Waals surface area contributed by atoms with Gasteiger partial charge in [-0.05, 0) is 18.6 Å². The van der Waals surface area contributed by atoms with Crippen molar-refractivity contribution in [3.63, 3.8) is 0 Å². The van der Waals surface area contributed by atoms with Crippen molar-refractivity contribution in [2.45, 2.75) is 19.9 Å². The van der Waals surface area contributed by atoms with Crippen molar-refractivity contribution in [2.75, 3.05) is 62.3 Å². The summed E-state index contributed by atoms with van der Waals surface area (Å²) in [6, 6.07) is 6.69. The van der Waals surface area contributed by atoms with Crippen molar-refractivity contribution in [1.29, 1.82) is 0 Å². The zero-order valence-electron chi connectivity index (χ0n) is 15.4. The smallest absolute Gasteiger partial charge is 0.134 e. The fraction of sp³-hybridized carbons (Fsp3) is 0.579. The monoisotopic (exact) mass is 373 g/mol. The Morgan fingerprint density at radius 3 is 2.23 bits per heavy atom. The van der Waals surface area contributed by atoms with Gasteiger partial charge in [0.1, 0.15) is 18.0 Å². The highest BCUT2D eigenvalue weighted by atomic mass is 32.1. The van der Waals surface area contributed by atoms with Crippen molar-refractivity contribution in [3.05, 3.63) is 34.3 Å². The molecule has 2 aliphatic heterocycles. The van der Waals surface area contributed by atoms with E-state index in [9.17, 15) is 0 Å². The van der Waals surface area contributed by atoms with Crippen LogP contribution >= 0.6 is 11.3 Å². The SMILES string of the molecule is CCc1ccc(CN2CCN(c3cc(N4CCOCC4)ncn3)CC2)s1. The maximum atomic E-state index is 5.44. The van der Waals surface area contributed by atoms with E-state index in [0.717, 1.165) is 77.1 Å². The lowest BCUT2D eigenvalue weighted by atomic mass is 10.3. The van der Waals surface area contributed by atoms with Gasteiger partial charge in [-0.15, -0.1) is 11.3 Å². The van der Waals surface area contributed by atoms with Crippen LogP contribution < -0.4 is 9.80 Å². The summed E-state index contributed by atoms with van der Waals surface area (Å²) in [4.78, 5) is 19.2. The van der Waals surface area contributed by atoms with Crippen LogP contribution in [0.1, 0.15) is 16.7 Å². The second-order valence-electron chi connectivity index (χ2n) is 6.82. The second-order valence-corrected chi connectivity index (χ2v) is 8.07. The molecule has 2 aromatic rings. The number of morpholine rings is 1.